The molecule has 0 aliphatic rings. The Bertz CT molecular complexity index is 770. The predicted octanol–water partition coefficient (Wildman–Crippen LogP) is 3.12. The van der Waals surface area contributed by atoms with Crippen LogP contribution in [0.15, 0.2) is 58.6 Å². The summed E-state index contributed by atoms with van der Waals surface area (Å²) in [5.41, 5.74) is 0.960. The number of rotatable bonds is 6. The predicted molar refractivity (Wildman–Crippen MR) is 80.5 cm³/mol. The molecule has 0 aliphatic heterocycles. The van der Waals surface area contributed by atoms with Gasteiger partial charge in [0.1, 0.15) is 12.1 Å². The maximum absolute atomic E-state index is 10.8. The Kier molecular flexibility index (Phi) is 4.19. The van der Waals surface area contributed by atoms with Crippen molar-refractivity contribution in [2.75, 3.05) is 0 Å². The molecule has 0 fully saturated rings. The number of hydrogen-bond donors (Lipinski definition) is 0. The lowest BCUT2D eigenvalue weighted by atomic mass is 10.2. The molecule has 0 amide bonds. The number of nitro groups is 1. The van der Waals surface area contributed by atoms with Crippen LogP contribution in [-0.2, 0) is 12.3 Å². The molecule has 2 aromatic heterocycles. The Morgan fingerprint density at radius 1 is 1.32 bits per heavy atom. The van der Waals surface area contributed by atoms with E-state index in [1.54, 1.807) is 24.7 Å². The summed E-state index contributed by atoms with van der Waals surface area (Å²) in [4.78, 5) is 10.4. The summed E-state index contributed by atoms with van der Waals surface area (Å²) in [6.07, 6.45) is 3.26. The highest BCUT2D eigenvalue weighted by atomic mass is 32.2. The van der Waals surface area contributed by atoms with E-state index >= 15 is 0 Å². The molecule has 7 nitrogen and oxygen atoms in total. The van der Waals surface area contributed by atoms with E-state index < -0.39 is 4.92 Å². The molecule has 0 bridgehead atoms. The van der Waals surface area contributed by atoms with E-state index in [4.69, 9.17) is 4.42 Å². The molecule has 22 heavy (non-hydrogen) atoms. The zero-order chi connectivity index (χ0) is 15.4. The molecule has 0 saturated heterocycles. The first-order valence-corrected chi connectivity index (χ1v) is 7.47. The largest absolute Gasteiger partial charge is 0.467 e. The maximum Gasteiger partial charge on any atom is 0.269 e. The van der Waals surface area contributed by atoms with E-state index in [0.717, 1.165) is 16.5 Å². The van der Waals surface area contributed by atoms with E-state index in [0.29, 0.717) is 12.3 Å². The van der Waals surface area contributed by atoms with Crippen molar-refractivity contribution in [1.29, 1.82) is 0 Å². The second-order valence-electron chi connectivity index (χ2n) is 4.54. The van der Waals surface area contributed by atoms with Gasteiger partial charge in [0, 0.05) is 17.9 Å². The number of furan rings is 1. The van der Waals surface area contributed by atoms with Gasteiger partial charge in [0.25, 0.3) is 5.69 Å². The lowest BCUT2D eigenvalue weighted by Crippen LogP contribution is -1.99. The second kappa shape index (κ2) is 6.44. The van der Waals surface area contributed by atoms with Crippen molar-refractivity contribution in [3.8, 4) is 0 Å². The Balaban J connectivity index is 1.68. The van der Waals surface area contributed by atoms with Crippen molar-refractivity contribution >= 4 is 17.4 Å². The van der Waals surface area contributed by atoms with Crippen molar-refractivity contribution < 1.29 is 9.34 Å². The molecular weight excluding hydrogens is 304 g/mol. The maximum atomic E-state index is 10.8. The minimum Gasteiger partial charge on any atom is -0.467 e. The van der Waals surface area contributed by atoms with Crippen LogP contribution < -0.4 is 0 Å². The van der Waals surface area contributed by atoms with Crippen molar-refractivity contribution in [2.45, 2.75) is 17.5 Å². The lowest BCUT2D eigenvalue weighted by Gasteiger charge is -2.04. The average Bonchev–Trinajstić information content (AvgIpc) is 3.18. The molecule has 1 aromatic carbocycles. The van der Waals surface area contributed by atoms with Gasteiger partial charge in [0.05, 0.1) is 17.7 Å². The zero-order valence-electron chi connectivity index (χ0n) is 11.5. The number of benzene rings is 1. The quantitative estimate of drug-likeness (QED) is 0.394. The fourth-order valence-electron chi connectivity index (χ4n) is 1.94. The Labute approximate surface area is 130 Å². The van der Waals surface area contributed by atoms with Crippen LogP contribution >= 0.6 is 11.8 Å². The first kappa shape index (κ1) is 14.3. The molecule has 2 heterocycles. The number of hydrogen-bond acceptors (Lipinski definition) is 6. The summed E-state index contributed by atoms with van der Waals surface area (Å²) in [6.45, 7) is 0.553. The van der Waals surface area contributed by atoms with Gasteiger partial charge in [0.2, 0.25) is 0 Å². The highest BCUT2D eigenvalue weighted by Gasteiger charge is 2.10. The standard InChI is InChI=1S/C14H12N4O3S/c19-18(20)12-4-1-3-11(7-12)9-22-14-16-15-10-17(14)8-13-5-2-6-21-13/h1-7,10H,8-9H2. The third-order valence-corrected chi connectivity index (χ3v) is 4.03. The molecule has 0 radical (unpaired) electrons. The van der Waals surface area contributed by atoms with Gasteiger partial charge in [0.15, 0.2) is 5.16 Å². The van der Waals surface area contributed by atoms with Gasteiger partial charge >= 0.3 is 0 Å². The molecule has 0 spiro atoms. The third kappa shape index (κ3) is 3.34. The molecule has 0 N–H and O–H groups in total. The van der Waals surface area contributed by atoms with Crippen LogP contribution in [0.1, 0.15) is 11.3 Å². The normalized spacial score (nSPS) is 10.7. The molecule has 0 unspecified atom stereocenters. The second-order valence-corrected chi connectivity index (χ2v) is 5.48. The molecule has 3 rings (SSSR count). The van der Waals surface area contributed by atoms with Gasteiger partial charge in [-0.15, -0.1) is 10.2 Å². The van der Waals surface area contributed by atoms with Gasteiger partial charge in [-0.3, -0.25) is 10.1 Å². The van der Waals surface area contributed by atoms with E-state index in [9.17, 15) is 10.1 Å². The number of non-ortho nitro benzene ring substituents is 1. The van der Waals surface area contributed by atoms with Crippen LogP contribution in [0.3, 0.4) is 0 Å². The monoisotopic (exact) mass is 316 g/mol. The highest BCUT2D eigenvalue weighted by molar-refractivity contribution is 7.98. The van der Waals surface area contributed by atoms with Gasteiger partial charge in [-0.2, -0.15) is 0 Å². The van der Waals surface area contributed by atoms with Gasteiger partial charge < -0.3 is 8.98 Å². The lowest BCUT2D eigenvalue weighted by molar-refractivity contribution is -0.384. The van der Waals surface area contributed by atoms with Crippen molar-refractivity contribution in [3.63, 3.8) is 0 Å². The Hall–Kier alpha value is -2.61. The molecule has 112 valence electrons. The van der Waals surface area contributed by atoms with Crippen molar-refractivity contribution in [2.24, 2.45) is 0 Å². The summed E-state index contributed by atoms with van der Waals surface area (Å²) in [6, 6.07) is 10.3. The van der Waals surface area contributed by atoms with Gasteiger partial charge in [-0.05, 0) is 17.7 Å². The number of nitro benzene ring substituents is 1. The van der Waals surface area contributed by atoms with Crippen LogP contribution in [0.2, 0.25) is 0 Å². The van der Waals surface area contributed by atoms with Crippen molar-refractivity contribution in [1.82, 2.24) is 14.8 Å². The first-order valence-electron chi connectivity index (χ1n) is 6.49. The van der Waals surface area contributed by atoms with Crippen LogP contribution in [0.25, 0.3) is 0 Å². The van der Waals surface area contributed by atoms with E-state index in [1.165, 1.54) is 17.8 Å². The summed E-state index contributed by atoms with van der Waals surface area (Å²) in [7, 11) is 0. The first-order chi connectivity index (χ1) is 10.7. The van der Waals surface area contributed by atoms with Crippen molar-refractivity contribution in [3.05, 3.63) is 70.4 Å². The van der Waals surface area contributed by atoms with E-state index in [1.807, 2.05) is 22.8 Å². The van der Waals surface area contributed by atoms with Gasteiger partial charge in [-0.25, -0.2) is 0 Å². The Morgan fingerprint density at radius 2 is 2.23 bits per heavy atom. The molecule has 0 aliphatic carbocycles. The fourth-order valence-corrected chi connectivity index (χ4v) is 2.80. The number of nitrogens with zero attached hydrogens (tertiary/aromatic N) is 4. The molecule has 0 saturated carbocycles. The third-order valence-electron chi connectivity index (χ3n) is 2.98. The fraction of sp³-hybridized carbons (Fsp3) is 0.143. The van der Waals surface area contributed by atoms with Crippen LogP contribution in [0.5, 0.6) is 0 Å². The molecule has 0 atom stereocenters. The van der Waals surface area contributed by atoms with Crippen LogP contribution in [-0.4, -0.2) is 19.7 Å². The summed E-state index contributed by atoms with van der Waals surface area (Å²) in [5, 5.41) is 19.5. The van der Waals surface area contributed by atoms with Crippen LogP contribution in [0.4, 0.5) is 5.69 Å². The summed E-state index contributed by atoms with van der Waals surface area (Å²) in [5.74, 6) is 1.40. The minimum absolute atomic E-state index is 0.0927. The van der Waals surface area contributed by atoms with Gasteiger partial charge in [-0.1, -0.05) is 23.9 Å². The summed E-state index contributed by atoms with van der Waals surface area (Å²) >= 11 is 1.47. The molecule has 3 aromatic rings. The average molecular weight is 316 g/mol. The molecule has 8 heteroatoms. The Morgan fingerprint density at radius 3 is 3.00 bits per heavy atom. The minimum atomic E-state index is -0.395. The summed E-state index contributed by atoms with van der Waals surface area (Å²) < 4.78 is 7.18. The molecular formula is C14H12N4O3S. The zero-order valence-corrected chi connectivity index (χ0v) is 12.3. The number of thioether (sulfide) groups is 1. The van der Waals surface area contributed by atoms with E-state index in [-0.39, 0.29) is 5.69 Å². The van der Waals surface area contributed by atoms with Crippen LogP contribution in [0, 0.1) is 10.1 Å². The smallest absolute Gasteiger partial charge is 0.269 e. The topological polar surface area (TPSA) is 87.0 Å². The SMILES string of the molecule is O=[N+]([O-])c1cccc(CSc2nncn2Cc2ccco2)c1. The number of aromatic nitrogens is 3. The highest BCUT2D eigenvalue weighted by Crippen LogP contribution is 2.23. The van der Waals surface area contributed by atoms with E-state index in [2.05, 4.69) is 10.2 Å².